The van der Waals surface area contributed by atoms with Gasteiger partial charge in [0.1, 0.15) is 5.65 Å². The number of benzene rings is 5. The minimum absolute atomic E-state index is 0.993. The molecule has 0 aliphatic heterocycles. The van der Waals surface area contributed by atoms with Gasteiger partial charge in [-0.25, -0.2) is 4.98 Å². The molecule has 0 atom stereocenters. The van der Waals surface area contributed by atoms with Crippen LogP contribution < -0.4 is 0 Å². The summed E-state index contributed by atoms with van der Waals surface area (Å²) in [6.45, 7) is 0. The third-order valence-corrected chi connectivity index (χ3v) is 8.17. The topological polar surface area (TPSA) is 17.3 Å². The Labute approximate surface area is 202 Å². The van der Waals surface area contributed by atoms with Crippen molar-refractivity contribution in [3.8, 4) is 22.3 Å². The second-order valence-electron chi connectivity index (χ2n) is 10.0. The maximum absolute atomic E-state index is 5.17. The van der Waals surface area contributed by atoms with Gasteiger partial charge >= 0.3 is 0 Å². The highest BCUT2D eigenvalue weighted by molar-refractivity contribution is 6.16. The highest BCUT2D eigenvalue weighted by atomic mass is 15.0. The summed E-state index contributed by atoms with van der Waals surface area (Å²) >= 11 is 0. The molecule has 0 bridgehead atoms. The summed E-state index contributed by atoms with van der Waals surface area (Å²) in [5.74, 6) is 0. The second kappa shape index (κ2) is 6.17. The lowest BCUT2D eigenvalue weighted by molar-refractivity contribution is 1.25. The molecule has 2 aliphatic rings. The van der Waals surface area contributed by atoms with Gasteiger partial charge in [-0.2, -0.15) is 0 Å². The van der Waals surface area contributed by atoms with Crippen LogP contribution in [-0.2, 0) is 12.8 Å². The third kappa shape index (κ3) is 2.22. The van der Waals surface area contributed by atoms with Crippen molar-refractivity contribution in [3.63, 3.8) is 0 Å². The van der Waals surface area contributed by atoms with Crippen molar-refractivity contribution in [1.29, 1.82) is 0 Å². The number of para-hydroxylation sites is 2. The fraction of sp³-hybridized carbons (Fsp3) is 0.0606. The Morgan fingerprint density at radius 2 is 1.11 bits per heavy atom. The SMILES string of the molecule is c1ccc2c(c1)Cc1cc3c(cc1-2)c1cc2c(cc1c1nc4ccccc4n31)-c1ccccc1C2. The number of rotatable bonds is 0. The van der Waals surface area contributed by atoms with E-state index in [9.17, 15) is 0 Å². The summed E-state index contributed by atoms with van der Waals surface area (Å²) in [5.41, 5.74) is 15.7. The summed E-state index contributed by atoms with van der Waals surface area (Å²) in [7, 11) is 0. The number of aromatic nitrogens is 2. The van der Waals surface area contributed by atoms with E-state index in [2.05, 4.69) is 101 Å². The first-order valence-electron chi connectivity index (χ1n) is 12.3. The molecule has 5 aromatic carbocycles. The number of hydrogen-bond acceptors (Lipinski definition) is 1. The first-order valence-corrected chi connectivity index (χ1v) is 12.3. The lowest BCUT2D eigenvalue weighted by Gasteiger charge is -2.13. The minimum atomic E-state index is 0.993. The highest BCUT2D eigenvalue weighted by Gasteiger charge is 2.24. The Kier molecular flexibility index (Phi) is 3.16. The molecule has 0 unspecified atom stereocenters. The van der Waals surface area contributed by atoms with E-state index in [1.807, 2.05) is 0 Å². The van der Waals surface area contributed by atoms with Gasteiger partial charge in [0.25, 0.3) is 0 Å². The van der Waals surface area contributed by atoms with Crippen LogP contribution in [0.3, 0.4) is 0 Å². The van der Waals surface area contributed by atoms with Gasteiger partial charge in [0.05, 0.1) is 16.6 Å². The molecule has 7 aromatic rings. The maximum Gasteiger partial charge on any atom is 0.146 e. The molecule has 9 rings (SSSR count). The van der Waals surface area contributed by atoms with Crippen LogP contribution >= 0.6 is 0 Å². The van der Waals surface area contributed by atoms with E-state index < -0.39 is 0 Å². The second-order valence-corrected chi connectivity index (χ2v) is 10.0. The van der Waals surface area contributed by atoms with E-state index in [-0.39, 0.29) is 0 Å². The van der Waals surface area contributed by atoms with Gasteiger partial charge in [-0.3, -0.25) is 4.40 Å². The Morgan fingerprint density at radius 1 is 0.486 bits per heavy atom. The Bertz CT molecular complexity index is 2060. The molecule has 0 saturated carbocycles. The molecular weight excluding hydrogens is 424 g/mol. The molecular formula is C33H20N2. The first-order chi connectivity index (χ1) is 17.3. The fourth-order valence-electron chi connectivity index (χ4n) is 6.61. The first kappa shape index (κ1) is 18.0. The van der Waals surface area contributed by atoms with E-state index in [4.69, 9.17) is 4.98 Å². The number of fused-ring (bicyclic) bond motifs is 14. The molecule has 0 fully saturated rings. The van der Waals surface area contributed by atoms with Crippen molar-refractivity contribution < 1.29 is 0 Å². The van der Waals surface area contributed by atoms with Gasteiger partial charge in [-0.05, 0) is 99.1 Å². The van der Waals surface area contributed by atoms with Crippen molar-refractivity contribution >= 4 is 38.4 Å². The zero-order valence-corrected chi connectivity index (χ0v) is 19.0. The molecule has 0 amide bonds. The lowest BCUT2D eigenvalue weighted by atomic mass is 9.96. The molecule has 162 valence electrons. The van der Waals surface area contributed by atoms with E-state index >= 15 is 0 Å². The summed E-state index contributed by atoms with van der Waals surface area (Å²) in [6, 6.07) is 35.9. The van der Waals surface area contributed by atoms with Crippen molar-refractivity contribution in [1.82, 2.24) is 9.38 Å². The maximum atomic E-state index is 5.17. The van der Waals surface area contributed by atoms with Gasteiger partial charge in [0.2, 0.25) is 0 Å². The molecule has 0 spiro atoms. The fourth-order valence-corrected chi connectivity index (χ4v) is 6.61. The monoisotopic (exact) mass is 444 g/mol. The Hall–Kier alpha value is -4.43. The number of nitrogens with zero attached hydrogens (tertiary/aromatic N) is 2. The van der Waals surface area contributed by atoms with Crippen LogP contribution in [0.4, 0.5) is 0 Å². The average molecular weight is 445 g/mol. The van der Waals surface area contributed by atoms with Crippen LogP contribution in [0, 0.1) is 0 Å². The quantitative estimate of drug-likeness (QED) is 0.217. The van der Waals surface area contributed by atoms with Crippen LogP contribution in [-0.4, -0.2) is 9.38 Å². The van der Waals surface area contributed by atoms with E-state index in [0.29, 0.717) is 0 Å². The standard InChI is InChI=1S/C33H20N2/c1-4-10-24-19(7-1)13-21-15-27-28-17-25-22(14-20-8-2-3-9-23(20)25)16-32(28)35-31-12-6-5-11-30(31)34-33(35)29(27)18-26(21)24/h1-12,15-18H,13-14H2. The molecule has 2 aliphatic carbocycles. The van der Waals surface area contributed by atoms with Gasteiger partial charge in [0.15, 0.2) is 0 Å². The highest BCUT2D eigenvalue weighted by Crippen LogP contribution is 2.45. The molecule has 0 saturated heterocycles. The Balaban J connectivity index is 1.50. The largest absolute Gasteiger partial charge is 0.292 e. The summed E-state index contributed by atoms with van der Waals surface area (Å²) < 4.78 is 2.39. The number of imidazole rings is 1. The summed E-state index contributed by atoms with van der Waals surface area (Å²) in [4.78, 5) is 5.17. The third-order valence-electron chi connectivity index (χ3n) is 8.17. The normalized spacial score (nSPS) is 13.5. The lowest BCUT2D eigenvalue weighted by Crippen LogP contribution is -1.95. The molecule has 2 heterocycles. The number of hydrogen-bond donors (Lipinski definition) is 0. The zero-order chi connectivity index (χ0) is 22.7. The predicted octanol–water partition coefficient (Wildman–Crippen LogP) is 7.94. The van der Waals surface area contributed by atoms with Crippen LogP contribution in [0.5, 0.6) is 0 Å². The molecule has 2 aromatic heterocycles. The summed E-state index contributed by atoms with van der Waals surface area (Å²) in [5, 5.41) is 3.85. The van der Waals surface area contributed by atoms with Gasteiger partial charge < -0.3 is 0 Å². The van der Waals surface area contributed by atoms with Crippen molar-refractivity contribution in [3.05, 3.63) is 119 Å². The van der Waals surface area contributed by atoms with E-state index in [1.165, 1.54) is 71.7 Å². The van der Waals surface area contributed by atoms with Crippen LogP contribution in [0.2, 0.25) is 0 Å². The van der Waals surface area contributed by atoms with E-state index in [1.54, 1.807) is 0 Å². The Morgan fingerprint density at radius 3 is 1.89 bits per heavy atom. The van der Waals surface area contributed by atoms with Gasteiger partial charge in [-0.15, -0.1) is 0 Å². The smallest absolute Gasteiger partial charge is 0.146 e. The molecule has 35 heavy (non-hydrogen) atoms. The van der Waals surface area contributed by atoms with Crippen LogP contribution in [0.15, 0.2) is 97.1 Å². The van der Waals surface area contributed by atoms with Crippen LogP contribution in [0.25, 0.3) is 60.6 Å². The summed E-state index contributed by atoms with van der Waals surface area (Å²) in [6.07, 6.45) is 1.99. The van der Waals surface area contributed by atoms with Crippen molar-refractivity contribution in [2.75, 3.05) is 0 Å². The van der Waals surface area contributed by atoms with Crippen molar-refractivity contribution in [2.24, 2.45) is 0 Å². The average Bonchev–Trinajstić information content (AvgIpc) is 3.57. The van der Waals surface area contributed by atoms with Gasteiger partial charge in [-0.1, -0.05) is 60.7 Å². The molecule has 0 N–H and O–H groups in total. The molecule has 0 radical (unpaired) electrons. The van der Waals surface area contributed by atoms with Crippen molar-refractivity contribution in [2.45, 2.75) is 12.8 Å². The van der Waals surface area contributed by atoms with E-state index in [0.717, 1.165) is 24.0 Å². The molecule has 2 nitrogen and oxygen atoms in total. The zero-order valence-electron chi connectivity index (χ0n) is 19.0. The number of pyridine rings is 1. The van der Waals surface area contributed by atoms with Crippen LogP contribution in [0.1, 0.15) is 22.3 Å². The predicted molar refractivity (Wildman–Crippen MR) is 144 cm³/mol. The van der Waals surface area contributed by atoms with Gasteiger partial charge in [0, 0.05) is 10.8 Å². The minimum Gasteiger partial charge on any atom is -0.292 e. The molecule has 2 heteroatoms.